The number of hydrogen-bond acceptors (Lipinski definition) is 6. The van der Waals surface area contributed by atoms with Crippen molar-refractivity contribution < 1.29 is 24.2 Å². The van der Waals surface area contributed by atoms with Crippen LogP contribution >= 0.6 is 0 Å². The number of β-lactam (4-membered cyclic amide) rings is 1. The predicted octanol–water partition coefficient (Wildman–Crippen LogP) is 1.61. The van der Waals surface area contributed by atoms with Gasteiger partial charge in [0.05, 0.1) is 19.8 Å². The van der Waals surface area contributed by atoms with Gasteiger partial charge < -0.3 is 24.4 Å². The standard InChI is InChI=1S/C21H29N3O5/c1-28-16-7-6-15(18(22-16)29-2)19(26)23-12-8-14(9-13-23)24-20(27)17(25)21(24)10-4-3-5-11-21/h6-7,14,17,25H,3-5,8-13H2,1-2H3. The Kier molecular flexibility index (Phi) is 5.38. The molecule has 1 unspecified atom stereocenters. The lowest BCUT2D eigenvalue weighted by Crippen LogP contribution is -2.77. The molecule has 0 bridgehead atoms. The number of carbonyl (C=O) groups is 2. The van der Waals surface area contributed by atoms with Gasteiger partial charge in [-0.3, -0.25) is 9.59 Å². The van der Waals surface area contributed by atoms with E-state index >= 15 is 0 Å². The van der Waals surface area contributed by atoms with E-state index in [1.54, 1.807) is 17.0 Å². The monoisotopic (exact) mass is 403 g/mol. The van der Waals surface area contributed by atoms with Crippen molar-refractivity contribution in [3.05, 3.63) is 17.7 Å². The molecule has 158 valence electrons. The van der Waals surface area contributed by atoms with Crippen molar-refractivity contribution >= 4 is 11.8 Å². The first-order chi connectivity index (χ1) is 14.0. The Morgan fingerprint density at radius 1 is 1.14 bits per heavy atom. The highest BCUT2D eigenvalue weighted by Crippen LogP contribution is 2.46. The molecule has 1 aromatic rings. The molecule has 8 nitrogen and oxygen atoms in total. The van der Waals surface area contributed by atoms with E-state index in [1.165, 1.54) is 20.6 Å². The summed E-state index contributed by atoms with van der Waals surface area (Å²) in [7, 11) is 3.00. The highest BCUT2D eigenvalue weighted by atomic mass is 16.5. The fourth-order valence-corrected chi connectivity index (χ4v) is 5.22. The minimum Gasteiger partial charge on any atom is -0.481 e. The number of nitrogens with zero attached hydrogens (tertiary/aromatic N) is 3. The van der Waals surface area contributed by atoms with Crippen LogP contribution in [0.5, 0.6) is 11.8 Å². The third-order valence-electron chi connectivity index (χ3n) is 6.76. The zero-order chi connectivity index (χ0) is 20.6. The Hall–Kier alpha value is -2.35. The molecule has 3 fully saturated rings. The van der Waals surface area contributed by atoms with Gasteiger partial charge in [-0.15, -0.1) is 0 Å². The number of piperidine rings is 1. The fraction of sp³-hybridized carbons (Fsp3) is 0.667. The van der Waals surface area contributed by atoms with E-state index in [0.717, 1.165) is 38.5 Å². The van der Waals surface area contributed by atoms with Crippen LogP contribution in [0.2, 0.25) is 0 Å². The molecule has 1 N–H and O–H groups in total. The lowest BCUT2D eigenvalue weighted by Gasteiger charge is -2.61. The number of aliphatic hydroxyl groups is 1. The molecule has 2 saturated heterocycles. The molecule has 3 heterocycles. The summed E-state index contributed by atoms with van der Waals surface area (Å²) >= 11 is 0. The second kappa shape index (κ2) is 7.82. The van der Waals surface area contributed by atoms with E-state index < -0.39 is 6.10 Å². The van der Waals surface area contributed by atoms with Gasteiger partial charge >= 0.3 is 0 Å². The molecule has 1 aromatic heterocycles. The van der Waals surface area contributed by atoms with Crippen LogP contribution in [0.4, 0.5) is 0 Å². The molecule has 0 radical (unpaired) electrons. The number of likely N-dealkylation sites (tertiary alicyclic amines) is 2. The average molecular weight is 403 g/mol. The lowest BCUT2D eigenvalue weighted by atomic mass is 9.68. The topological polar surface area (TPSA) is 92.2 Å². The molecular formula is C21H29N3O5. The molecule has 3 aliphatic rings. The molecule has 1 aliphatic carbocycles. The Bertz CT molecular complexity index is 785. The minimum absolute atomic E-state index is 0.0870. The molecule has 2 aliphatic heterocycles. The molecular weight excluding hydrogens is 374 g/mol. The van der Waals surface area contributed by atoms with Crippen LogP contribution in [0.25, 0.3) is 0 Å². The van der Waals surface area contributed by atoms with Crippen LogP contribution in [0, 0.1) is 0 Å². The Labute approximate surface area is 170 Å². The highest BCUT2D eigenvalue weighted by Gasteiger charge is 2.61. The maximum Gasteiger partial charge on any atom is 0.259 e. The third-order valence-corrected chi connectivity index (χ3v) is 6.76. The molecule has 2 amide bonds. The third kappa shape index (κ3) is 3.23. The van der Waals surface area contributed by atoms with Gasteiger partial charge in [-0.2, -0.15) is 4.98 Å². The summed E-state index contributed by atoms with van der Waals surface area (Å²) in [5.74, 6) is 0.374. The number of methoxy groups -OCH3 is 2. The van der Waals surface area contributed by atoms with Gasteiger partial charge in [-0.25, -0.2) is 0 Å². The number of hydrogen-bond donors (Lipinski definition) is 1. The predicted molar refractivity (Wildman–Crippen MR) is 105 cm³/mol. The van der Waals surface area contributed by atoms with Gasteiger partial charge in [-0.05, 0) is 31.7 Å². The van der Waals surface area contributed by atoms with Gasteiger partial charge in [0.1, 0.15) is 5.56 Å². The smallest absolute Gasteiger partial charge is 0.259 e. The van der Waals surface area contributed by atoms with E-state index in [2.05, 4.69) is 4.98 Å². The molecule has 8 heteroatoms. The van der Waals surface area contributed by atoms with E-state index in [9.17, 15) is 14.7 Å². The van der Waals surface area contributed by atoms with Gasteiger partial charge in [0.2, 0.25) is 11.8 Å². The Morgan fingerprint density at radius 3 is 2.45 bits per heavy atom. The highest BCUT2D eigenvalue weighted by molar-refractivity contribution is 5.96. The van der Waals surface area contributed by atoms with E-state index in [1.807, 2.05) is 4.90 Å². The first-order valence-electron chi connectivity index (χ1n) is 10.4. The van der Waals surface area contributed by atoms with Crippen molar-refractivity contribution in [3.8, 4) is 11.8 Å². The van der Waals surface area contributed by atoms with Crippen LogP contribution in [-0.2, 0) is 4.79 Å². The molecule has 29 heavy (non-hydrogen) atoms. The van der Waals surface area contributed by atoms with Crippen LogP contribution in [-0.4, -0.2) is 76.7 Å². The number of carbonyl (C=O) groups excluding carboxylic acids is 2. The second-order valence-electron chi connectivity index (χ2n) is 8.21. The second-order valence-corrected chi connectivity index (χ2v) is 8.21. The number of aliphatic hydroxyl groups excluding tert-OH is 1. The number of ether oxygens (including phenoxy) is 2. The number of aromatic nitrogens is 1. The van der Waals surface area contributed by atoms with Gasteiger partial charge in [0.25, 0.3) is 11.8 Å². The molecule has 1 spiro atoms. The largest absolute Gasteiger partial charge is 0.481 e. The van der Waals surface area contributed by atoms with Crippen LogP contribution in [0.3, 0.4) is 0 Å². The normalized spacial score (nSPS) is 24.4. The average Bonchev–Trinajstić information content (AvgIpc) is 2.79. The van der Waals surface area contributed by atoms with Gasteiger partial charge in [0.15, 0.2) is 6.10 Å². The summed E-state index contributed by atoms with van der Waals surface area (Å²) in [5.41, 5.74) is 0.0425. The summed E-state index contributed by atoms with van der Waals surface area (Å²) in [6.45, 7) is 1.13. The van der Waals surface area contributed by atoms with Crippen LogP contribution in [0.15, 0.2) is 12.1 Å². The molecule has 1 atom stereocenters. The van der Waals surface area contributed by atoms with Crippen molar-refractivity contribution in [2.45, 2.75) is 62.6 Å². The summed E-state index contributed by atoms with van der Waals surface area (Å²) in [6, 6.07) is 3.41. The number of amides is 2. The number of pyridine rings is 1. The maximum absolute atomic E-state index is 13.0. The zero-order valence-corrected chi connectivity index (χ0v) is 17.1. The van der Waals surface area contributed by atoms with E-state index in [-0.39, 0.29) is 29.3 Å². The van der Waals surface area contributed by atoms with Crippen molar-refractivity contribution in [1.29, 1.82) is 0 Å². The molecule has 4 rings (SSSR count). The first-order valence-corrected chi connectivity index (χ1v) is 10.4. The summed E-state index contributed by atoms with van der Waals surface area (Å²) in [5, 5.41) is 10.4. The SMILES string of the molecule is COc1ccc(C(=O)N2CCC(N3C(=O)C(O)C34CCCCC4)CC2)c(OC)n1. The molecule has 1 saturated carbocycles. The van der Waals surface area contributed by atoms with Crippen molar-refractivity contribution in [1.82, 2.24) is 14.8 Å². The van der Waals surface area contributed by atoms with Crippen molar-refractivity contribution in [3.63, 3.8) is 0 Å². The molecule has 0 aromatic carbocycles. The first kappa shape index (κ1) is 19.9. The van der Waals surface area contributed by atoms with E-state index in [0.29, 0.717) is 24.5 Å². The Morgan fingerprint density at radius 2 is 1.83 bits per heavy atom. The quantitative estimate of drug-likeness (QED) is 0.768. The van der Waals surface area contributed by atoms with Crippen molar-refractivity contribution in [2.24, 2.45) is 0 Å². The minimum atomic E-state index is -0.850. The lowest BCUT2D eigenvalue weighted by molar-refractivity contribution is -0.200. The number of rotatable bonds is 4. The van der Waals surface area contributed by atoms with Crippen LogP contribution < -0.4 is 9.47 Å². The summed E-state index contributed by atoms with van der Waals surface area (Å²) < 4.78 is 10.4. The summed E-state index contributed by atoms with van der Waals surface area (Å²) in [6.07, 6.45) is 5.64. The van der Waals surface area contributed by atoms with Gasteiger partial charge in [-0.1, -0.05) is 19.3 Å². The van der Waals surface area contributed by atoms with E-state index in [4.69, 9.17) is 9.47 Å². The maximum atomic E-state index is 13.0. The Balaban J connectivity index is 1.43. The zero-order valence-electron chi connectivity index (χ0n) is 17.1. The van der Waals surface area contributed by atoms with Crippen molar-refractivity contribution in [2.75, 3.05) is 27.3 Å². The van der Waals surface area contributed by atoms with Gasteiger partial charge in [0, 0.05) is 25.2 Å². The summed E-state index contributed by atoms with van der Waals surface area (Å²) in [4.78, 5) is 33.4. The van der Waals surface area contributed by atoms with Crippen LogP contribution in [0.1, 0.15) is 55.3 Å². The fourth-order valence-electron chi connectivity index (χ4n) is 5.22.